The van der Waals surface area contributed by atoms with Crippen LogP contribution in [0.3, 0.4) is 0 Å². The maximum absolute atomic E-state index is 5.51. The number of nitrogens with zero attached hydrogens (tertiary/aromatic N) is 3. The minimum Gasteiger partial charge on any atom is -0.497 e. The summed E-state index contributed by atoms with van der Waals surface area (Å²) in [4.78, 5) is 12.5. The molecular formula is C24H37IN6O2. The first kappa shape index (κ1) is 26.8. The van der Waals surface area contributed by atoms with Gasteiger partial charge in [-0.3, -0.25) is 4.99 Å². The monoisotopic (exact) mass is 568 g/mol. The highest BCUT2D eigenvalue weighted by molar-refractivity contribution is 14.0. The van der Waals surface area contributed by atoms with Gasteiger partial charge in [0.1, 0.15) is 17.3 Å². The number of nitrogens with one attached hydrogen (secondary N) is 3. The molecule has 182 valence electrons. The molecule has 3 N–H and O–H groups in total. The number of aromatic nitrogens is 3. The summed E-state index contributed by atoms with van der Waals surface area (Å²) in [5.74, 6) is 3.56. The van der Waals surface area contributed by atoms with Crippen molar-refractivity contribution in [3.8, 4) is 11.5 Å². The number of ether oxygens (including phenoxy) is 2. The predicted molar refractivity (Wildman–Crippen MR) is 145 cm³/mol. The zero-order valence-electron chi connectivity index (χ0n) is 20.1. The molecule has 0 fully saturated rings. The van der Waals surface area contributed by atoms with E-state index in [9.17, 15) is 0 Å². The normalized spacial score (nSPS) is 11.3. The van der Waals surface area contributed by atoms with Gasteiger partial charge in [-0.15, -0.1) is 24.0 Å². The van der Waals surface area contributed by atoms with E-state index in [0.29, 0.717) is 0 Å². The molecular weight excluding hydrogens is 531 g/mol. The number of rotatable bonds is 12. The largest absolute Gasteiger partial charge is 0.497 e. The maximum atomic E-state index is 5.51. The minimum absolute atomic E-state index is 0. The van der Waals surface area contributed by atoms with Crippen LogP contribution < -0.4 is 20.1 Å². The number of aromatic amines is 1. The molecule has 0 aliphatic carbocycles. The summed E-state index contributed by atoms with van der Waals surface area (Å²) in [5, 5.41) is 7.85. The average molecular weight is 569 g/mol. The van der Waals surface area contributed by atoms with Crippen LogP contribution in [0.4, 0.5) is 0 Å². The molecule has 0 amide bonds. The molecule has 1 aromatic carbocycles. The first-order valence-corrected chi connectivity index (χ1v) is 11.4. The standard InChI is InChI=1S/C24H36N6O2.HI/c1-5-25-24(27-10-6-7-13-30-14-12-26-18(30)2)28-11-8-9-19-15-21-22(29-19)16-20(31-3)17-23(21)32-4;/h12,14-17,29H,5-11,13H2,1-4H3,(H2,25,27,28);1H. The van der Waals surface area contributed by atoms with Crippen LogP contribution in [0.25, 0.3) is 10.9 Å². The van der Waals surface area contributed by atoms with Crippen LogP contribution in [0.5, 0.6) is 11.5 Å². The SMILES string of the molecule is CCNC(=NCCCc1cc2c(OC)cc(OC)cc2[nH]1)NCCCCn1ccnc1C.I. The summed E-state index contributed by atoms with van der Waals surface area (Å²) in [6.45, 7) is 7.65. The molecule has 3 aromatic rings. The second-order valence-corrected chi connectivity index (χ2v) is 7.75. The molecule has 0 saturated carbocycles. The van der Waals surface area contributed by atoms with Crippen molar-refractivity contribution in [3.63, 3.8) is 0 Å². The van der Waals surface area contributed by atoms with Crippen molar-refractivity contribution >= 4 is 40.8 Å². The number of fused-ring (bicyclic) bond motifs is 1. The average Bonchev–Trinajstić information content (AvgIpc) is 3.40. The number of H-pyrrole nitrogens is 1. The number of imidazole rings is 1. The van der Waals surface area contributed by atoms with E-state index in [-0.39, 0.29) is 24.0 Å². The van der Waals surface area contributed by atoms with Crippen LogP contribution >= 0.6 is 24.0 Å². The highest BCUT2D eigenvalue weighted by Gasteiger charge is 2.09. The second-order valence-electron chi connectivity index (χ2n) is 7.75. The Balaban J connectivity index is 0.00000385. The van der Waals surface area contributed by atoms with Gasteiger partial charge in [0, 0.05) is 61.8 Å². The van der Waals surface area contributed by atoms with Crippen molar-refractivity contribution in [2.75, 3.05) is 33.9 Å². The van der Waals surface area contributed by atoms with E-state index in [1.54, 1.807) is 14.2 Å². The molecule has 0 aliphatic rings. The lowest BCUT2D eigenvalue weighted by Gasteiger charge is -2.11. The zero-order chi connectivity index (χ0) is 22.8. The number of hydrogen-bond donors (Lipinski definition) is 3. The maximum Gasteiger partial charge on any atom is 0.191 e. The van der Waals surface area contributed by atoms with Crippen LogP contribution in [0.1, 0.15) is 37.7 Å². The van der Waals surface area contributed by atoms with Crippen molar-refractivity contribution in [1.82, 2.24) is 25.2 Å². The number of methoxy groups -OCH3 is 2. The first-order valence-electron chi connectivity index (χ1n) is 11.4. The third-order valence-corrected chi connectivity index (χ3v) is 5.45. The quantitative estimate of drug-likeness (QED) is 0.132. The van der Waals surface area contributed by atoms with Crippen LogP contribution in [-0.2, 0) is 13.0 Å². The fourth-order valence-electron chi connectivity index (χ4n) is 3.71. The molecule has 2 aromatic heterocycles. The van der Waals surface area contributed by atoms with Gasteiger partial charge in [0.25, 0.3) is 0 Å². The third kappa shape index (κ3) is 7.83. The molecule has 2 heterocycles. The van der Waals surface area contributed by atoms with E-state index in [4.69, 9.17) is 14.5 Å². The van der Waals surface area contributed by atoms with E-state index in [1.807, 2.05) is 31.5 Å². The highest BCUT2D eigenvalue weighted by Crippen LogP contribution is 2.31. The Morgan fingerprint density at radius 3 is 2.67 bits per heavy atom. The fraction of sp³-hybridized carbons (Fsp3) is 0.500. The molecule has 0 bridgehead atoms. The lowest BCUT2D eigenvalue weighted by Crippen LogP contribution is -2.38. The fourth-order valence-corrected chi connectivity index (χ4v) is 3.71. The Morgan fingerprint density at radius 2 is 1.97 bits per heavy atom. The summed E-state index contributed by atoms with van der Waals surface area (Å²) in [6, 6.07) is 6.07. The Labute approximate surface area is 213 Å². The number of aryl methyl sites for hydroxylation is 3. The van der Waals surface area contributed by atoms with Crippen molar-refractivity contribution in [1.29, 1.82) is 0 Å². The molecule has 8 nitrogen and oxygen atoms in total. The summed E-state index contributed by atoms with van der Waals surface area (Å²) in [5.41, 5.74) is 2.20. The summed E-state index contributed by atoms with van der Waals surface area (Å²) in [7, 11) is 3.35. The minimum atomic E-state index is 0. The Hall–Kier alpha value is -2.43. The van der Waals surface area contributed by atoms with E-state index in [1.165, 1.54) is 5.69 Å². The molecule has 0 saturated heterocycles. The van der Waals surface area contributed by atoms with Gasteiger partial charge in [0.2, 0.25) is 0 Å². The number of halogens is 1. The number of guanidine groups is 1. The summed E-state index contributed by atoms with van der Waals surface area (Å²) in [6.07, 6.45) is 7.97. The molecule has 0 radical (unpaired) electrons. The number of benzene rings is 1. The van der Waals surface area contributed by atoms with Gasteiger partial charge in [-0.05, 0) is 45.6 Å². The molecule has 3 rings (SSSR count). The predicted octanol–water partition coefficient (Wildman–Crippen LogP) is 4.28. The Bertz CT molecular complexity index is 1010. The third-order valence-electron chi connectivity index (χ3n) is 5.45. The van der Waals surface area contributed by atoms with Crippen molar-refractivity contribution in [3.05, 3.63) is 42.1 Å². The van der Waals surface area contributed by atoms with E-state index < -0.39 is 0 Å². The molecule has 9 heteroatoms. The van der Waals surface area contributed by atoms with E-state index in [0.717, 1.165) is 86.0 Å². The lowest BCUT2D eigenvalue weighted by molar-refractivity contribution is 0.398. The molecule has 0 aliphatic heterocycles. The van der Waals surface area contributed by atoms with Gasteiger partial charge < -0.3 is 29.7 Å². The Morgan fingerprint density at radius 1 is 1.12 bits per heavy atom. The van der Waals surface area contributed by atoms with Crippen molar-refractivity contribution in [2.45, 2.75) is 46.1 Å². The smallest absolute Gasteiger partial charge is 0.191 e. The van der Waals surface area contributed by atoms with Crippen molar-refractivity contribution in [2.24, 2.45) is 4.99 Å². The van der Waals surface area contributed by atoms with Gasteiger partial charge in [-0.1, -0.05) is 0 Å². The number of unbranched alkanes of at least 4 members (excludes halogenated alkanes) is 1. The Kier molecular flexibility index (Phi) is 11.4. The van der Waals surface area contributed by atoms with Crippen LogP contribution in [0, 0.1) is 6.92 Å². The molecule has 0 spiro atoms. The van der Waals surface area contributed by atoms with E-state index >= 15 is 0 Å². The van der Waals surface area contributed by atoms with Crippen LogP contribution in [0.15, 0.2) is 35.6 Å². The van der Waals surface area contributed by atoms with Crippen molar-refractivity contribution < 1.29 is 9.47 Å². The van der Waals surface area contributed by atoms with Gasteiger partial charge in [-0.2, -0.15) is 0 Å². The number of aliphatic imine (C=N–C) groups is 1. The topological polar surface area (TPSA) is 88.5 Å². The zero-order valence-corrected chi connectivity index (χ0v) is 22.4. The lowest BCUT2D eigenvalue weighted by atomic mass is 10.2. The first-order chi connectivity index (χ1) is 15.6. The van der Waals surface area contributed by atoms with Gasteiger partial charge in [0.15, 0.2) is 5.96 Å². The van der Waals surface area contributed by atoms with Crippen LogP contribution in [0.2, 0.25) is 0 Å². The molecule has 33 heavy (non-hydrogen) atoms. The van der Waals surface area contributed by atoms with Gasteiger partial charge >= 0.3 is 0 Å². The number of hydrogen-bond acceptors (Lipinski definition) is 4. The molecule has 0 unspecified atom stereocenters. The summed E-state index contributed by atoms with van der Waals surface area (Å²) < 4.78 is 13.1. The molecule has 0 atom stereocenters. The van der Waals surface area contributed by atoms with E-state index in [2.05, 4.69) is 38.2 Å². The van der Waals surface area contributed by atoms with Gasteiger partial charge in [-0.25, -0.2) is 4.98 Å². The second kappa shape index (κ2) is 14.0. The van der Waals surface area contributed by atoms with Gasteiger partial charge in [0.05, 0.1) is 19.7 Å². The highest BCUT2D eigenvalue weighted by atomic mass is 127. The summed E-state index contributed by atoms with van der Waals surface area (Å²) >= 11 is 0. The van der Waals surface area contributed by atoms with Crippen LogP contribution in [-0.4, -0.2) is 54.3 Å².